The summed E-state index contributed by atoms with van der Waals surface area (Å²) in [6.07, 6.45) is 3.21. The topological polar surface area (TPSA) is 136 Å². The third-order valence-corrected chi connectivity index (χ3v) is 8.92. The van der Waals surface area contributed by atoms with Crippen molar-refractivity contribution in [2.45, 2.75) is 45.2 Å². The van der Waals surface area contributed by atoms with Crippen LogP contribution < -0.4 is 30.3 Å². The molecule has 0 spiro atoms. The second kappa shape index (κ2) is 15.9. The lowest BCUT2D eigenvalue weighted by atomic mass is 9.95. The third kappa shape index (κ3) is 7.63. The smallest absolute Gasteiger partial charge is 0.409 e. The molecule has 2 aromatic carbocycles. The maximum atomic E-state index is 13.9. The summed E-state index contributed by atoms with van der Waals surface area (Å²) in [5.74, 6) is 1.75. The maximum Gasteiger partial charge on any atom is 0.409 e. The molecule has 2 aliphatic rings. The first-order valence-electron chi connectivity index (χ1n) is 15.4. The minimum atomic E-state index is -0.659. The lowest BCUT2D eigenvalue weighted by molar-refractivity contribution is -0.133. The van der Waals surface area contributed by atoms with Gasteiger partial charge in [0.05, 0.1) is 39.7 Å². The predicted octanol–water partition coefficient (Wildman–Crippen LogP) is 3.70. The van der Waals surface area contributed by atoms with E-state index in [2.05, 4.69) is 10.6 Å². The first kappa shape index (κ1) is 34.7. The second-order valence-corrected chi connectivity index (χ2v) is 12.1. The van der Waals surface area contributed by atoms with Crippen molar-refractivity contribution < 1.29 is 33.3 Å². The highest BCUT2D eigenvalue weighted by Crippen LogP contribution is 2.50. The second-order valence-electron chi connectivity index (χ2n) is 11.1. The third-order valence-electron chi connectivity index (χ3n) is 8.27. The molecule has 4 rings (SSSR count). The zero-order valence-corrected chi connectivity index (χ0v) is 28.2. The SMILES string of the molecule is CCOC(=O)N1CCN(C(=O)C(CCSC)Nc2ccc3c(cc2=O)C(NC(C)=O)CCc2cc(OC)c(OC)c(OC)c2-3)CC1. The van der Waals surface area contributed by atoms with Gasteiger partial charge >= 0.3 is 6.09 Å². The molecule has 2 atom stereocenters. The van der Waals surface area contributed by atoms with E-state index in [1.165, 1.54) is 20.1 Å². The molecule has 0 bridgehead atoms. The van der Waals surface area contributed by atoms with Crippen LogP contribution in [0.15, 0.2) is 29.1 Å². The van der Waals surface area contributed by atoms with Gasteiger partial charge in [0.15, 0.2) is 11.5 Å². The van der Waals surface area contributed by atoms with E-state index in [0.29, 0.717) is 86.2 Å². The highest BCUT2D eigenvalue weighted by molar-refractivity contribution is 7.98. The van der Waals surface area contributed by atoms with Crippen LogP contribution in [-0.2, 0) is 20.7 Å². The van der Waals surface area contributed by atoms with Gasteiger partial charge < -0.3 is 39.4 Å². The summed E-state index contributed by atoms with van der Waals surface area (Å²) < 4.78 is 22.3. The number of piperazine rings is 1. The van der Waals surface area contributed by atoms with Crippen LogP contribution in [0.3, 0.4) is 0 Å². The Morgan fingerprint density at radius 3 is 2.30 bits per heavy atom. The van der Waals surface area contributed by atoms with Gasteiger partial charge in [0.2, 0.25) is 23.0 Å². The number of aryl methyl sites for hydroxylation is 1. The van der Waals surface area contributed by atoms with E-state index in [4.69, 9.17) is 18.9 Å². The van der Waals surface area contributed by atoms with Crippen molar-refractivity contribution in [1.82, 2.24) is 15.1 Å². The lowest BCUT2D eigenvalue weighted by Gasteiger charge is -2.36. The normalized spacial score (nSPS) is 16.3. The number of hydrogen-bond acceptors (Lipinski definition) is 10. The molecule has 250 valence electrons. The minimum absolute atomic E-state index is 0.134. The first-order valence-corrected chi connectivity index (χ1v) is 16.8. The molecule has 2 N–H and O–H groups in total. The van der Waals surface area contributed by atoms with Crippen molar-refractivity contribution in [3.8, 4) is 28.4 Å². The van der Waals surface area contributed by atoms with Crippen molar-refractivity contribution in [1.29, 1.82) is 0 Å². The Kier molecular flexibility index (Phi) is 12.0. The Morgan fingerprint density at radius 1 is 1.00 bits per heavy atom. The van der Waals surface area contributed by atoms with Crippen molar-refractivity contribution in [2.24, 2.45) is 0 Å². The molecule has 1 fully saturated rings. The Bertz CT molecular complexity index is 1500. The van der Waals surface area contributed by atoms with Crippen molar-refractivity contribution in [3.63, 3.8) is 0 Å². The van der Waals surface area contributed by atoms with E-state index in [1.807, 2.05) is 18.4 Å². The van der Waals surface area contributed by atoms with Crippen LogP contribution >= 0.6 is 11.8 Å². The molecule has 13 heteroatoms. The highest BCUT2D eigenvalue weighted by atomic mass is 32.2. The van der Waals surface area contributed by atoms with E-state index in [1.54, 1.807) is 48.8 Å². The number of amides is 3. The number of nitrogens with one attached hydrogen (secondary N) is 2. The zero-order valence-electron chi connectivity index (χ0n) is 27.4. The van der Waals surface area contributed by atoms with Crippen LogP contribution in [0.2, 0.25) is 0 Å². The Labute approximate surface area is 274 Å². The van der Waals surface area contributed by atoms with Gasteiger partial charge in [0.25, 0.3) is 0 Å². The largest absolute Gasteiger partial charge is 0.493 e. The average molecular weight is 657 g/mol. The fourth-order valence-electron chi connectivity index (χ4n) is 6.05. The molecule has 1 aliphatic carbocycles. The molecular formula is C33H44N4O8S. The summed E-state index contributed by atoms with van der Waals surface area (Å²) in [6.45, 7) is 4.99. The standard InChI is InChI=1S/C33H44N4O8S/c1-7-45-33(41)37-15-13-36(14-16-37)32(40)26(12-17-46-6)35-25-11-9-22-23(19-27(25)39)24(34-20(2)38)10-8-21-18-28(42-3)30(43-4)31(44-5)29(21)22/h9,11,18-19,24,26H,7-8,10,12-17H2,1-6H3,(H,34,38)(H,35,39). The maximum absolute atomic E-state index is 13.9. The molecule has 1 saturated heterocycles. The number of benzene rings is 1. The number of carbonyl (C=O) groups is 3. The van der Waals surface area contributed by atoms with Gasteiger partial charge in [-0.1, -0.05) is 6.07 Å². The Morgan fingerprint density at radius 2 is 1.70 bits per heavy atom. The van der Waals surface area contributed by atoms with Crippen LogP contribution in [-0.4, -0.2) is 99.9 Å². The molecule has 0 saturated carbocycles. The van der Waals surface area contributed by atoms with Gasteiger partial charge in [0, 0.05) is 38.7 Å². The van der Waals surface area contributed by atoms with Gasteiger partial charge in [-0.05, 0) is 73.1 Å². The molecule has 3 amide bonds. The van der Waals surface area contributed by atoms with Crippen LogP contribution in [0.4, 0.5) is 10.5 Å². The average Bonchev–Trinajstić information content (AvgIpc) is 3.29. The number of hydrogen-bond donors (Lipinski definition) is 2. The van der Waals surface area contributed by atoms with E-state index in [0.717, 1.165) is 11.1 Å². The summed E-state index contributed by atoms with van der Waals surface area (Å²) in [6, 6.07) is 5.86. The number of methoxy groups -OCH3 is 3. The molecule has 1 aliphatic heterocycles. The molecule has 1 heterocycles. The van der Waals surface area contributed by atoms with Crippen LogP contribution in [0.1, 0.15) is 43.9 Å². The molecular weight excluding hydrogens is 612 g/mol. The number of nitrogens with zero attached hydrogens (tertiary/aromatic N) is 2. The van der Waals surface area contributed by atoms with Crippen LogP contribution in [0, 0.1) is 0 Å². The summed E-state index contributed by atoms with van der Waals surface area (Å²) in [7, 11) is 4.65. The van der Waals surface area contributed by atoms with Gasteiger partial charge in [0.1, 0.15) is 6.04 Å². The number of rotatable bonds is 11. The van der Waals surface area contributed by atoms with E-state index in [-0.39, 0.29) is 29.0 Å². The van der Waals surface area contributed by atoms with E-state index in [9.17, 15) is 19.2 Å². The lowest BCUT2D eigenvalue weighted by Crippen LogP contribution is -2.54. The van der Waals surface area contributed by atoms with Gasteiger partial charge in [-0.25, -0.2) is 4.79 Å². The molecule has 46 heavy (non-hydrogen) atoms. The van der Waals surface area contributed by atoms with Gasteiger partial charge in [-0.15, -0.1) is 0 Å². The quantitative estimate of drug-likeness (QED) is 0.369. The van der Waals surface area contributed by atoms with Gasteiger partial charge in [-0.3, -0.25) is 14.4 Å². The summed E-state index contributed by atoms with van der Waals surface area (Å²) in [4.78, 5) is 55.4. The fraction of sp³-hybridized carbons (Fsp3) is 0.515. The summed E-state index contributed by atoms with van der Waals surface area (Å²) in [5, 5.41) is 6.27. The number of thioether (sulfide) groups is 1. The van der Waals surface area contributed by atoms with Crippen LogP contribution in [0.25, 0.3) is 11.1 Å². The number of fused-ring (bicyclic) bond motifs is 3. The van der Waals surface area contributed by atoms with Crippen molar-refractivity contribution in [2.75, 3.05) is 71.4 Å². The summed E-state index contributed by atoms with van der Waals surface area (Å²) in [5.41, 5.74) is 2.97. The van der Waals surface area contributed by atoms with Crippen LogP contribution in [0.5, 0.6) is 17.2 Å². The Balaban J connectivity index is 1.75. The first-order chi connectivity index (χ1) is 22.2. The minimum Gasteiger partial charge on any atom is -0.493 e. The monoisotopic (exact) mass is 656 g/mol. The number of ether oxygens (including phenoxy) is 4. The number of anilines is 1. The molecule has 2 unspecified atom stereocenters. The number of carbonyl (C=O) groups excluding carboxylic acids is 3. The zero-order chi connectivity index (χ0) is 33.4. The fourth-order valence-corrected chi connectivity index (χ4v) is 6.52. The van der Waals surface area contributed by atoms with Crippen molar-refractivity contribution in [3.05, 3.63) is 45.6 Å². The Hall–Kier alpha value is -4.13. The van der Waals surface area contributed by atoms with Gasteiger partial charge in [-0.2, -0.15) is 11.8 Å². The molecule has 2 aromatic rings. The van der Waals surface area contributed by atoms with E-state index < -0.39 is 12.1 Å². The van der Waals surface area contributed by atoms with E-state index >= 15 is 0 Å². The van der Waals surface area contributed by atoms with Crippen molar-refractivity contribution >= 4 is 35.4 Å². The molecule has 0 aromatic heterocycles. The summed E-state index contributed by atoms with van der Waals surface area (Å²) >= 11 is 1.61. The molecule has 0 radical (unpaired) electrons. The predicted molar refractivity (Wildman–Crippen MR) is 178 cm³/mol. The molecule has 12 nitrogen and oxygen atoms in total. The highest BCUT2D eigenvalue weighted by Gasteiger charge is 2.32.